The third-order valence-electron chi connectivity index (χ3n) is 11.1. The van der Waals surface area contributed by atoms with Crippen LogP contribution < -0.4 is 0 Å². The highest BCUT2D eigenvalue weighted by Crippen LogP contribution is 2.69. The van der Waals surface area contributed by atoms with Crippen molar-refractivity contribution in [2.45, 2.75) is 85.7 Å². The number of benzene rings is 1. The quantitative estimate of drug-likeness (QED) is 0.504. The van der Waals surface area contributed by atoms with Crippen LogP contribution in [0.3, 0.4) is 0 Å². The Morgan fingerprint density at radius 2 is 1.71 bits per heavy atom. The first-order valence-electron chi connectivity index (χ1n) is 12.6. The zero-order valence-electron chi connectivity index (χ0n) is 20.0. The van der Waals surface area contributed by atoms with E-state index in [1.54, 1.807) is 0 Å². The van der Waals surface area contributed by atoms with Gasteiger partial charge in [-0.1, -0.05) is 34.6 Å². The lowest BCUT2D eigenvalue weighted by Crippen LogP contribution is -2.61. The number of phenolic OH excluding ortho intramolecular Hbond substituents is 1. The molecule has 0 spiro atoms. The molecule has 1 aromatic heterocycles. The minimum Gasteiger partial charge on any atom is -0.508 e. The Balaban J connectivity index is 1.52. The summed E-state index contributed by atoms with van der Waals surface area (Å²) < 4.78 is 0. The maximum atomic E-state index is 10.7. The topological polar surface area (TPSA) is 56.2 Å². The Bertz CT molecular complexity index is 981. The summed E-state index contributed by atoms with van der Waals surface area (Å²) in [7, 11) is 0. The largest absolute Gasteiger partial charge is 0.508 e. The summed E-state index contributed by atoms with van der Waals surface area (Å²) in [6.07, 6.45) is 10.5. The van der Waals surface area contributed by atoms with Crippen LogP contribution >= 0.6 is 0 Å². The van der Waals surface area contributed by atoms with Gasteiger partial charge in [-0.25, -0.2) is 0 Å². The van der Waals surface area contributed by atoms with Crippen LogP contribution in [0.1, 0.15) is 78.7 Å². The number of H-pyrrole nitrogens is 1. The number of rotatable bonds is 2. The molecule has 3 N–H and O–H groups in total. The van der Waals surface area contributed by atoms with Crippen LogP contribution in [-0.4, -0.2) is 21.3 Å². The van der Waals surface area contributed by atoms with E-state index in [0.29, 0.717) is 34.8 Å². The fourth-order valence-corrected chi connectivity index (χ4v) is 8.85. The second kappa shape index (κ2) is 7.01. The molecule has 3 aliphatic rings. The zero-order chi connectivity index (χ0) is 22.2. The van der Waals surface area contributed by atoms with Crippen LogP contribution in [0.4, 0.5) is 0 Å². The van der Waals surface area contributed by atoms with Gasteiger partial charge in [0.05, 0.1) is 6.10 Å². The number of aliphatic hydroxyl groups is 1. The lowest BCUT2D eigenvalue weighted by Gasteiger charge is -2.67. The Hall–Kier alpha value is -1.48. The summed E-state index contributed by atoms with van der Waals surface area (Å²) in [5.74, 6) is 2.85. The van der Waals surface area contributed by atoms with Crippen LogP contribution in [0, 0.1) is 39.9 Å². The number of nitrogens with one attached hydrogen (secondary N) is 1. The maximum absolute atomic E-state index is 10.7. The average Bonchev–Trinajstić information content (AvgIpc) is 3.10. The SMILES string of the molecule is C[C@@H]1CC[C@@]2(C)[C@@H]3CC[C@H](O)[C@H](C)[C@@]3(C)CC[C@@H]2[C@@]1(C)Cc1c[nH]c2cc(O)ccc12. The molecule has 0 unspecified atom stereocenters. The fourth-order valence-electron chi connectivity index (χ4n) is 8.85. The molecule has 3 fully saturated rings. The van der Waals surface area contributed by atoms with E-state index < -0.39 is 0 Å². The van der Waals surface area contributed by atoms with E-state index in [-0.39, 0.29) is 16.9 Å². The van der Waals surface area contributed by atoms with E-state index >= 15 is 0 Å². The molecule has 1 heterocycles. The van der Waals surface area contributed by atoms with E-state index in [0.717, 1.165) is 18.4 Å². The molecule has 3 saturated carbocycles. The highest BCUT2D eigenvalue weighted by Gasteiger charge is 2.63. The number of aromatic amines is 1. The molecule has 170 valence electrons. The fraction of sp³-hybridized carbons (Fsp3) is 0.714. The molecule has 0 saturated heterocycles. The molecule has 0 aliphatic heterocycles. The molecule has 8 atom stereocenters. The van der Waals surface area contributed by atoms with Gasteiger partial charge in [-0.15, -0.1) is 0 Å². The summed E-state index contributed by atoms with van der Waals surface area (Å²) in [5.41, 5.74) is 3.32. The van der Waals surface area contributed by atoms with Crippen molar-refractivity contribution in [1.29, 1.82) is 0 Å². The summed E-state index contributed by atoms with van der Waals surface area (Å²) in [5, 5.41) is 21.8. The van der Waals surface area contributed by atoms with Crippen molar-refractivity contribution < 1.29 is 10.2 Å². The van der Waals surface area contributed by atoms with Crippen molar-refractivity contribution in [1.82, 2.24) is 4.98 Å². The minimum atomic E-state index is -0.127. The summed E-state index contributed by atoms with van der Waals surface area (Å²) in [4.78, 5) is 3.41. The normalized spacial score (nSPS) is 45.3. The van der Waals surface area contributed by atoms with Crippen molar-refractivity contribution in [3.63, 3.8) is 0 Å². The molecule has 0 amide bonds. The Morgan fingerprint density at radius 1 is 0.968 bits per heavy atom. The van der Waals surface area contributed by atoms with E-state index in [4.69, 9.17) is 0 Å². The van der Waals surface area contributed by atoms with Gasteiger partial charge in [0.25, 0.3) is 0 Å². The van der Waals surface area contributed by atoms with E-state index in [2.05, 4.69) is 51.9 Å². The van der Waals surface area contributed by atoms with Crippen molar-refractivity contribution >= 4 is 10.9 Å². The van der Waals surface area contributed by atoms with Crippen LogP contribution in [-0.2, 0) is 6.42 Å². The average molecular weight is 424 g/mol. The van der Waals surface area contributed by atoms with Gasteiger partial charge in [0.2, 0.25) is 0 Å². The van der Waals surface area contributed by atoms with E-state index in [1.165, 1.54) is 43.1 Å². The van der Waals surface area contributed by atoms with Gasteiger partial charge in [-0.3, -0.25) is 0 Å². The third-order valence-corrected chi connectivity index (χ3v) is 11.1. The first-order valence-corrected chi connectivity index (χ1v) is 12.6. The van der Waals surface area contributed by atoms with E-state index in [1.807, 2.05) is 12.1 Å². The molecule has 0 bridgehead atoms. The predicted molar refractivity (Wildman–Crippen MR) is 127 cm³/mol. The van der Waals surface area contributed by atoms with Crippen LogP contribution in [0.15, 0.2) is 24.4 Å². The van der Waals surface area contributed by atoms with Crippen LogP contribution in [0.25, 0.3) is 10.9 Å². The number of hydrogen-bond acceptors (Lipinski definition) is 2. The van der Waals surface area contributed by atoms with Gasteiger partial charge in [0.15, 0.2) is 0 Å². The zero-order valence-corrected chi connectivity index (χ0v) is 20.0. The highest BCUT2D eigenvalue weighted by molar-refractivity contribution is 5.84. The number of hydrogen-bond donors (Lipinski definition) is 3. The van der Waals surface area contributed by atoms with Crippen molar-refractivity contribution in [2.24, 2.45) is 39.9 Å². The first kappa shape index (κ1) is 21.4. The summed E-state index contributed by atoms with van der Waals surface area (Å²) in [6.45, 7) is 12.5. The smallest absolute Gasteiger partial charge is 0.117 e. The second-order valence-electron chi connectivity index (χ2n) is 12.3. The predicted octanol–water partition coefficient (Wildman–Crippen LogP) is 6.68. The van der Waals surface area contributed by atoms with Crippen LogP contribution in [0.2, 0.25) is 0 Å². The van der Waals surface area contributed by atoms with Gasteiger partial charge in [-0.2, -0.15) is 0 Å². The standard InChI is InChI=1S/C28H41NO2/c1-17-10-12-27(4)24-9-8-23(31)18(2)26(24,3)13-11-25(27)28(17,5)15-19-16-29-22-14-20(30)6-7-21(19)22/h6-7,14,16-18,23-25,29-31H,8-13,15H2,1-5H3/t17-,18+,23+,24-,25+,26-,27+,28+/m1/s1. The second-order valence-corrected chi connectivity index (χ2v) is 12.3. The number of aliphatic hydroxyl groups excluding tert-OH is 1. The maximum Gasteiger partial charge on any atom is 0.117 e. The van der Waals surface area contributed by atoms with Gasteiger partial charge < -0.3 is 15.2 Å². The molecular weight excluding hydrogens is 382 g/mol. The molecular formula is C28H41NO2. The van der Waals surface area contributed by atoms with Gasteiger partial charge >= 0.3 is 0 Å². The molecule has 3 heteroatoms. The number of aromatic nitrogens is 1. The molecule has 31 heavy (non-hydrogen) atoms. The molecule has 0 radical (unpaired) electrons. The number of fused-ring (bicyclic) bond motifs is 4. The Morgan fingerprint density at radius 3 is 2.48 bits per heavy atom. The monoisotopic (exact) mass is 423 g/mol. The first-order chi connectivity index (χ1) is 14.6. The Labute approximate surface area is 187 Å². The third kappa shape index (κ3) is 2.95. The molecule has 3 nitrogen and oxygen atoms in total. The lowest BCUT2D eigenvalue weighted by molar-refractivity contribution is -0.195. The minimum absolute atomic E-state index is 0.127. The molecule has 2 aromatic rings. The number of aromatic hydroxyl groups is 1. The van der Waals surface area contributed by atoms with Crippen molar-refractivity contribution in [3.8, 4) is 5.75 Å². The summed E-state index contributed by atoms with van der Waals surface area (Å²) in [6, 6.07) is 5.74. The van der Waals surface area contributed by atoms with Gasteiger partial charge in [0.1, 0.15) is 5.75 Å². The van der Waals surface area contributed by atoms with Crippen LogP contribution in [0.5, 0.6) is 5.75 Å². The molecule has 5 rings (SSSR count). The van der Waals surface area contributed by atoms with Crippen molar-refractivity contribution in [3.05, 3.63) is 30.0 Å². The number of phenols is 1. The summed E-state index contributed by atoms with van der Waals surface area (Å²) >= 11 is 0. The van der Waals surface area contributed by atoms with Crippen molar-refractivity contribution in [2.75, 3.05) is 0 Å². The van der Waals surface area contributed by atoms with Gasteiger partial charge in [-0.05, 0) is 103 Å². The molecule has 1 aromatic carbocycles. The highest BCUT2D eigenvalue weighted by atomic mass is 16.3. The van der Waals surface area contributed by atoms with E-state index in [9.17, 15) is 10.2 Å². The molecule has 3 aliphatic carbocycles. The Kier molecular flexibility index (Phi) is 4.83. The lowest BCUT2D eigenvalue weighted by atomic mass is 9.37. The van der Waals surface area contributed by atoms with Gasteiger partial charge in [0, 0.05) is 23.2 Å².